The molecule has 2 rings (SSSR count). The van der Waals surface area contributed by atoms with Crippen LogP contribution in [-0.2, 0) is 0 Å². The first-order valence-corrected chi connectivity index (χ1v) is 7.46. The Labute approximate surface area is 139 Å². The van der Waals surface area contributed by atoms with Crippen LogP contribution >= 0.6 is 23.2 Å². The fourth-order valence-corrected chi connectivity index (χ4v) is 2.68. The molecule has 0 spiro atoms. The number of rotatable bonds is 4. The van der Waals surface area contributed by atoms with E-state index in [4.69, 9.17) is 23.2 Å². The van der Waals surface area contributed by atoms with Gasteiger partial charge < -0.3 is 9.88 Å². The zero-order chi connectivity index (χ0) is 16.4. The van der Waals surface area contributed by atoms with Crippen molar-refractivity contribution < 1.29 is 4.79 Å². The number of H-pyrrole nitrogens is 1. The summed E-state index contributed by atoms with van der Waals surface area (Å²) in [4.78, 5) is 22.2. The van der Waals surface area contributed by atoms with E-state index in [0.717, 1.165) is 11.5 Å². The van der Waals surface area contributed by atoms with E-state index in [0.29, 0.717) is 26.9 Å². The van der Waals surface area contributed by atoms with Crippen LogP contribution in [-0.4, -0.2) is 34.7 Å². The molecule has 0 aliphatic carbocycles. The van der Waals surface area contributed by atoms with Crippen molar-refractivity contribution in [3.63, 3.8) is 0 Å². The summed E-state index contributed by atoms with van der Waals surface area (Å²) in [6, 6.07) is 4.85. The zero-order valence-corrected chi connectivity index (χ0v) is 14.4. The summed E-state index contributed by atoms with van der Waals surface area (Å²) < 4.78 is 0. The molecule has 0 amide bonds. The van der Waals surface area contributed by atoms with Crippen LogP contribution in [0.4, 0.5) is 0 Å². The molecule has 0 saturated heterocycles. The number of ketones is 1. The van der Waals surface area contributed by atoms with Crippen LogP contribution in [0.1, 0.15) is 27.6 Å². The second-order valence-electron chi connectivity index (χ2n) is 5.24. The molecule has 0 bridgehead atoms. The Morgan fingerprint density at radius 2 is 1.95 bits per heavy atom. The number of carbonyl (C=O) groups is 1. The van der Waals surface area contributed by atoms with E-state index < -0.39 is 0 Å². The van der Waals surface area contributed by atoms with Gasteiger partial charge >= 0.3 is 0 Å². The van der Waals surface area contributed by atoms with E-state index in [1.807, 2.05) is 32.8 Å². The molecule has 1 heterocycles. The van der Waals surface area contributed by atoms with Crippen molar-refractivity contribution in [1.82, 2.24) is 14.9 Å². The predicted molar refractivity (Wildman–Crippen MR) is 90.5 cm³/mol. The highest BCUT2D eigenvalue weighted by Crippen LogP contribution is 2.27. The van der Waals surface area contributed by atoms with Gasteiger partial charge in [0.1, 0.15) is 5.82 Å². The van der Waals surface area contributed by atoms with Gasteiger partial charge in [0.2, 0.25) is 0 Å². The molecular weight excluding hydrogens is 321 g/mol. The summed E-state index contributed by atoms with van der Waals surface area (Å²) >= 11 is 12.1. The maximum Gasteiger partial charge on any atom is 0.198 e. The number of imidazole rings is 1. The Morgan fingerprint density at radius 3 is 2.45 bits per heavy atom. The van der Waals surface area contributed by atoms with Crippen LogP contribution < -0.4 is 0 Å². The molecule has 0 unspecified atom stereocenters. The van der Waals surface area contributed by atoms with Gasteiger partial charge in [-0.1, -0.05) is 23.2 Å². The summed E-state index contributed by atoms with van der Waals surface area (Å²) in [5.74, 6) is 0.578. The Hall–Kier alpha value is -1.78. The number of benzene rings is 1. The van der Waals surface area contributed by atoms with Gasteiger partial charge in [-0.3, -0.25) is 4.79 Å². The topological polar surface area (TPSA) is 49.0 Å². The first-order chi connectivity index (χ1) is 10.3. The van der Waals surface area contributed by atoms with Gasteiger partial charge in [0.15, 0.2) is 5.78 Å². The summed E-state index contributed by atoms with van der Waals surface area (Å²) in [5, 5.41) is 0.823. The van der Waals surface area contributed by atoms with E-state index in [-0.39, 0.29) is 5.78 Å². The van der Waals surface area contributed by atoms with Crippen molar-refractivity contribution in [2.45, 2.75) is 13.8 Å². The number of hydrogen-bond donors (Lipinski definition) is 1. The predicted octanol–water partition coefficient (Wildman–Crippen LogP) is 4.12. The van der Waals surface area contributed by atoms with Crippen LogP contribution in [0.5, 0.6) is 0 Å². The summed E-state index contributed by atoms with van der Waals surface area (Å²) in [6.45, 7) is 3.71. The van der Waals surface area contributed by atoms with Crippen LogP contribution in [0.3, 0.4) is 0 Å². The van der Waals surface area contributed by atoms with E-state index >= 15 is 0 Å². The summed E-state index contributed by atoms with van der Waals surface area (Å²) in [6.07, 6.45) is 1.76. The molecule has 4 nitrogen and oxygen atoms in total. The third-order valence-electron chi connectivity index (χ3n) is 3.08. The molecule has 22 heavy (non-hydrogen) atoms. The summed E-state index contributed by atoms with van der Waals surface area (Å²) in [5.41, 5.74) is 2.38. The number of halogens is 2. The highest BCUT2D eigenvalue weighted by molar-refractivity contribution is 6.40. The molecule has 1 N–H and O–H groups in total. The Balaban J connectivity index is 2.55. The van der Waals surface area contributed by atoms with E-state index in [9.17, 15) is 4.79 Å². The molecule has 116 valence electrons. The largest absolute Gasteiger partial charge is 0.383 e. The lowest BCUT2D eigenvalue weighted by atomic mass is 10.0. The van der Waals surface area contributed by atoms with Gasteiger partial charge in [-0.25, -0.2) is 4.98 Å². The third-order valence-corrected chi connectivity index (χ3v) is 3.63. The van der Waals surface area contributed by atoms with E-state index in [1.54, 1.807) is 24.4 Å². The second-order valence-corrected chi connectivity index (χ2v) is 6.09. The monoisotopic (exact) mass is 337 g/mol. The Bertz CT molecular complexity index is 748. The molecule has 0 aliphatic rings. The molecular formula is C16H17Cl2N3O. The number of Topliss-reactive ketones (excluding diaryl/α,β-unsaturated/α-hetero) is 1. The van der Waals surface area contributed by atoms with Crippen molar-refractivity contribution in [1.29, 1.82) is 0 Å². The number of allylic oxidation sites excluding steroid dienone is 1. The first-order valence-electron chi connectivity index (χ1n) is 6.71. The number of hydrogen-bond acceptors (Lipinski definition) is 3. The van der Waals surface area contributed by atoms with E-state index in [2.05, 4.69) is 9.97 Å². The maximum atomic E-state index is 12.9. The van der Waals surface area contributed by atoms with Crippen LogP contribution in [0.25, 0.3) is 5.57 Å². The third kappa shape index (κ3) is 3.51. The van der Waals surface area contributed by atoms with Crippen molar-refractivity contribution in [2.75, 3.05) is 14.1 Å². The average molecular weight is 338 g/mol. The number of nitrogens with one attached hydrogen (secondary N) is 1. The Kier molecular flexibility index (Phi) is 4.94. The SMILES string of the molecule is Cc1nc(C)c(C(=CN(C)C)C(=O)c2ccc(Cl)cc2Cl)[nH]1. The smallest absolute Gasteiger partial charge is 0.198 e. The molecule has 0 aliphatic heterocycles. The molecule has 0 atom stereocenters. The molecule has 1 aromatic carbocycles. The van der Waals surface area contributed by atoms with Gasteiger partial charge in [-0.2, -0.15) is 0 Å². The lowest BCUT2D eigenvalue weighted by Gasteiger charge is -2.12. The van der Waals surface area contributed by atoms with Gasteiger partial charge in [-0.15, -0.1) is 0 Å². The number of carbonyl (C=O) groups excluding carboxylic acids is 1. The highest BCUT2D eigenvalue weighted by Gasteiger charge is 2.21. The quantitative estimate of drug-likeness (QED) is 0.674. The van der Waals surface area contributed by atoms with Gasteiger partial charge in [0, 0.05) is 30.9 Å². The molecule has 2 aromatic rings. The molecule has 0 saturated carbocycles. The fourth-order valence-electron chi connectivity index (χ4n) is 2.18. The first kappa shape index (κ1) is 16.6. The minimum atomic E-state index is -0.179. The average Bonchev–Trinajstić information content (AvgIpc) is 2.74. The van der Waals surface area contributed by atoms with Crippen LogP contribution in [0.15, 0.2) is 24.4 Å². The van der Waals surface area contributed by atoms with Crippen LogP contribution in [0, 0.1) is 13.8 Å². The minimum absolute atomic E-state index is 0.179. The fraction of sp³-hybridized carbons (Fsp3) is 0.250. The highest BCUT2D eigenvalue weighted by atomic mass is 35.5. The molecule has 0 fully saturated rings. The second kappa shape index (κ2) is 6.55. The lowest BCUT2D eigenvalue weighted by Crippen LogP contribution is -2.11. The molecule has 1 aromatic heterocycles. The van der Waals surface area contributed by atoms with Gasteiger partial charge in [0.05, 0.1) is 22.0 Å². The van der Waals surface area contributed by atoms with E-state index in [1.165, 1.54) is 0 Å². The number of aromatic amines is 1. The number of aryl methyl sites for hydroxylation is 2. The van der Waals surface area contributed by atoms with Crippen molar-refractivity contribution >= 4 is 34.6 Å². The normalized spacial score (nSPS) is 11.6. The van der Waals surface area contributed by atoms with Gasteiger partial charge in [-0.05, 0) is 32.0 Å². The number of aromatic nitrogens is 2. The van der Waals surface area contributed by atoms with Crippen LogP contribution in [0.2, 0.25) is 10.0 Å². The standard InChI is InChI=1S/C16H17Cl2N3O/c1-9-15(20-10(2)19-9)13(8-21(3)4)16(22)12-6-5-11(17)7-14(12)18/h5-8H,1-4H3,(H,19,20). The van der Waals surface area contributed by atoms with Gasteiger partial charge in [0.25, 0.3) is 0 Å². The lowest BCUT2D eigenvalue weighted by molar-refractivity contribution is 0.105. The zero-order valence-electron chi connectivity index (χ0n) is 12.9. The molecule has 6 heteroatoms. The molecule has 0 radical (unpaired) electrons. The maximum absolute atomic E-state index is 12.9. The minimum Gasteiger partial charge on any atom is -0.383 e. The number of nitrogens with zero attached hydrogens (tertiary/aromatic N) is 2. The summed E-state index contributed by atoms with van der Waals surface area (Å²) in [7, 11) is 3.71. The van der Waals surface area contributed by atoms with Crippen molar-refractivity contribution in [3.8, 4) is 0 Å². The van der Waals surface area contributed by atoms with Crippen molar-refractivity contribution in [3.05, 3.63) is 57.2 Å². The van der Waals surface area contributed by atoms with Crippen molar-refractivity contribution in [2.24, 2.45) is 0 Å². The Morgan fingerprint density at radius 1 is 1.27 bits per heavy atom.